The van der Waals surface area contributed by atoms with Crippen molar-refractivity contribution in [3.63, 3.8) is 0 Å². The molecule has 0 rings (SSSR count). The number of hydrogen-bond acceptors (Lipinski definition) is 2. The normalized spacial score (nSPS) is 10.5. The van der Waals surface area contributed by atoms with Gasteiger partial charge in [0.25, 0.3) is 0 Å². The Kier molecular flexibility index (Phi) is 7.25. The summed E-state index contributed by atoms with van der Waals surface area (Å²) < 4.78 is 0. The lowest BCUT2D eigenvalue weighted by molar-refractivity contribution is -0.128. The van der Waals surface area contributed by atoms with E-state index in [1.807, 2.05) is 27.7 Å². The summed E-state index contributed by atoms with van der Waals surface area (Å²) in [6.45, 7) is 10.3. The van der Waals surface area contributed by atoms with Crippen LogP contribution in [0.25, 0.3) is 0 Å². The highest BCUT2D eigenvalue weighted by molar-refractivity contribution is 5.96. The minimum absolute atomic E-state index is 0.106. The molecule has 0 radical (unpaired) electrons. The van der Waals surface area contributed by atoms with Gasteiger partial charge in [-0.2, -0.15) is 0 Å². The summed E-state index contributed by atoms with van der Waals surface area (Å²) >= 11 is 0. The first-order valence-electron chi connectivity index (χ1n) is 5.86. The molecule has 0 aromatic heterocycles. The molecule has 0 saturated heterocycles. The molecule has 0 bridgehead atoms. The van der Waals surface area contributed by atoms with Crippen LogP contribution in [0.3, 0.4) is 0 Å². The molecule has 0 aliphatic heterocycles. The van der Waals surface area contributed by atoms with Gasteiger partial charge in [-0.25, -0.2) is 0 Å². The van der Waals surface area contributed by atoms with Gasteiger partial charge in [-0.15, -0.1) is 0 Å². The average molecular weight is 226 g/mol. The van der Waals surface area contributed by atoms with Gasteiger partial charge < -0.3 is 9.80 Å². The van der Waals surface area contributed by atoms with Crippen molar-refractivity contribution in [3.8, 4) is 0 Å². The van der Waals surface area contributed by atoms with Crippen molar-refractivity contribution in [3.05, 3.63) is 12.2 Å². The molecular formula is C12H22N2O2. The summed E-state index contributed by atoms with van der Waals surface area (Å²) in [6.07, 6.45) is 2.71. The van der Waals surface area contributed by atoms with Crippen molar-refractivity contribution >= 4 is 11.8 Å². The molecule has 0 unspecified atom stereocenters. The summed E-state index contributed by atoms with van der Waals surface area (Å²) in [5.41, 5.74) is 0. The molecule has 0 aromatic rings. The molecule has 0 aliphatic rings. The van der Waals surface area contributed by atoms with Crippen LogP contribution >= 0.6 is 0 Å². The smallest absolute Gasteiger partial charge is 0.246 e. The van der Waals surface area contributed by atoms with Crippen molar-refractivity contribution in [1.29, 1.82) is 0 Å². The Morgan fingerprint density at radius 3 is 1.19 bits per heavy atom. The second-order valence-electron chi connectivity index (χ2n) is 3.35. The van der Waals surface area contributed by atoms with E-state index in [9.17, 15) is 9.59 Å². The van der Waals surface area contributed by atoms with Gasteiger partial charge in [-0.05, 0) is 27.7 Å². The molecule has 0 spiro atoms. The van der Waals surface area contributed by atoms with Crippen LogP contribution in [0.15, 0.2) is 12.2 Å². The van der Waals surface area contributed by atoms with Gasteiger partial charge in [0.05, 0.1) is 0 Å². The van der Waals surface area contributed by atoms with Crippen LogP contribution in [0, 0.1) is 0 Å². The molecule has 4 heteroatoms. The van der Waals surface area contributed by atoms with Crippen LogP contribution in [0.5, 0.6) is 0 Å². The van der Waals surface area contributed by atoms with E-state index in [0.717, 1.165) is 0 Å². The lowest BCUT2D eigenvalue weighted by Gasteiger charge is -2.17. The summed E-state index contributed by atoms with van der Waals surface area (Å²) in [6, 6.07) is 0. The Labute approximate surface area is 97.9 Å². The van der Waals surface area contributed by atoms with Gasteiger partial charge in [-0.3, -0.25) is 9.59 Å². The number of carbonyl (C=O) groups excluding carboxylic acids is 2. The number of carbonyl (C=O) groups is 2. The van der Waals surface area contributed by atoms with E-state index in [1.165, 1.54) is 12.2 Å². The molecule has 0 heterocycles. The first kappa shape index (κ1) is 14.7. The predicted octanol–water partition coefficient (Wildman–Crippen LogP) is 1.28. The van der Waals surface area contributed by atoms with Gasteiger partial charge in [0, 0.05) is 38.3 Å². The SMILES string of the molecule is CCN(CC)C(=O)/C=C\C(=O)N(CC)CC. The first-order valence-corrected chi connectivity index (χ1v) is 5.86. The third kappa shape index (κ3) is 4.47. The van der Waals surface area contributed by atoms with E-state index >= 15 is 0 Å². The molecule has 0 saturated carbocycles. The molecule has 92 valence electrons. The van der Waals surface area contributed by atoms with Gasteiger partial charge >= 0.3 is 0 Å². The Hall–Kier alpha value is -1.32. The van der Waals surface area contributed by atoms with E-state index in [4.69, 9.17) is 0 Å². The number of likely N-dealkylation sites (N-methyl/N-ethyl adjacent to an activating group) is 2. The molecule has 0 N–H and O–H groups in total. The second-order valence-corrected chi connectivity index (χ2v) is 3.35. The van der Waals surface area contributed by atoms with Crippen molar-refractivity contribution in [2.75, 3.05) is 26.2 Å². The van der Waals surface area contributed by atoms with Crippen LogP contribution in [0.1, 0.15) is 27.7 Å². The van der Waals surface area contributed by atoms with Crippen LogP contribution in [0.2, 0.25) is 0 Å². The predicted molar refractivity (Wildman–Crippen MR) is 65.0 cm³/mol. The van der Waals surface area contributed by atoms with Crippen LogP contribution in [-0.4, -0.2) is 47.8 Å². The largest absolute Gasteiger partial charge is 0.340 e. The summed E-state index contributed by atoms with van der Waals surface area (Å²) in [5, 5.41) is 0. The zero-order chi connectivity index (χ0) is 12.6. The molecule has 0 aliphatic carbocycles. The summed E-state index contributed by atoms with van der Waals surface area (Å²) in [5.74, 6) is -0.212. The third-order valence-electron chi connectivity index (χ3n) is 2.52. The molecule has 0 aromatic carbocycles. The van der Waals surface area contributed by atoms with E-state index in [1.54, 1.807) is 9.80 Å². The van der Waals surface area contributed by atoms with Gasteiger partial charge in [-0.1, -0.05) is 0 Å². The fourth-order valence-electron chi connectivity index (χ4n) is 1.42. The van der Waals surface area contributed by atoms with Crippen molar-refractivity contribution in [1.82, 2.24) is 9.80 Å². The maximum Gasteiger partial charge on any atom is 0.246 e. The molecule has 2 amide bonds. The third-order valence-corrected chi connectivity index (χ3v) is 2.52. The Morgan fingerprint density at radius 1 is 0.750 bits per heavy atom. The Morgan fingerprint density at radius 2 is 1.00 bits per heavy atom. The molecule has 0 fully saturated rings. The fourth-order valence-corrected chi connectivity index (χ4v) is 1.42. The minimum Gasteiger partial charge on any atom is -0.340 e. The van der Waals surface area contributed by atoms with Gasteiger partial charge in [0.15, 0.2) is 0 Å². The highest BCUT2D eigenvalue weighted by Crippen LogP contribution is 1.94. The summed E-state index contributed by atoms with van der Waals surface area (Å²) in [7, 11) is 0. The van der Waals surface area contributed by atoms with Crippen LogP contribution in [-0.2, 0) is 9.59 Å². The number of amides is 2. The monoisotopic (exact) mass is 226 g/mol. The topological polar surface area (TPSA) is 40.6 Å². The Bertz CT molecular complexity index is 228. The zero-order valence-electron chi connectivity index (χ0n) is 10.7. The van der Waals surface area contributed by atoms with E-state index in [0.29, 0.717) is 26.2 Å². The highest BCUT2D eigenvalue weighted by atomic mass is 16.2. The fraction of sp³-hybridized carbons (Fsp3) is 0.667. The molecule has 16 heavy (non-hydrogen) atoms. The lowest BCUT2D eigenvalue weighted by atomic mass is 10.3. The number of rotatable bonds is 6. The van der Waals surface area contributed by atoms with Gasteiger partial charge in [0.1, 0.15) is 0 Å². The average Bonchev–Trinajstić information content (AvgIpc) is 2.29. The summed E-state index contributed by atoms with van der Waals surface area (Å²) in [4.78, 5) is 26.5. The van der Waals surface area contributed by atoms with Gasteiger partial charge in [0.2, 0.25) is 11.8 Å². The zero-order valence-corrected chi connectivity index (χ0v) is 10.7. The maximum absolute atomic E-state index is 11.6. The van der Waals surface area contributed by atoms with E-state index < -0.39 is 0 Å². The van der Waals surface area contributed by atoms with Crippen LogP contribution < -0.4 is 0 Å². The molecule has 4 nitrogen and oxygen atoms in total. The second kappa shape index (κ2) is 7.91. The Balaban J connectivity index is 4.37. The van der Waals surface area contributed by atoms with E-state index in [-0.39, 0.29) is 11.8 Å². The highest BCUT2D eigenvalue weighted by Gasteiger charge is 2.08. The van der Waals surface area contributed by atoms with Crippen molar-refractivity contribution < 1.29 is 9.59 Å². The first-order chi connectivity index (χ1) is 7.60. The maximum atomic E-state index is 11.6. The van der Waals surface area contributed by atoms with E-state index in [2.05, 4.69) is 0 Å². The number of hydrogen-bond donors (Lipinski definition) is 0. The number of nitrogens with zero attached hydrogens (tertiary/aromatic N) is 2. The standard InChI is InChI=1S/C12H22N2O2/c1-5-13(6-2)11(15)9-10-12(16)14(7-3)8-4/h9-10H,5-8H2,1-4H3/b10-9-. The van der Waals surface area contributed by atoms with Crippen molar-refractivity contribution in [2.24, 2.45) is 0 Å². The van der Waals surface area contributed by atoms with Crippen molar-refractivity contribution in [2.45, 2.75) is 27.7 Å². The van der Waals surface area contributed by atoms with Crippen LogP contribution in [0.4, 0.5) is 0 Å². The lowest BCUT2D eigenvalue weighted by Crippen LogP contribution is -2.31. The molecule has 0 atom stereocenters. The molecular weight excluding hydrogens is 204 g/mol. The minimum atomic E-state index is -0.106. The quantitative estimate of drug-likeness (QED) is 0.640.